The summed E-state index contributed by atoms with van der Waals surface area (Å²) in [5.74, 6) is 0.194. The zero-order valence-corrected chi connectivity index (χ0v) is 16.4. The van der Waals surface area contributed by atoms with Crippen molar-refractivity contribution in [3.8, 4) is 5.75 Å². The third-order valence-electron chi connectivity index (χ3n) is 5.22. The molecule has 1 unspecified atom stereocenters. The van der Waals surface area contributed by atoms with E-state index in [1.54, 1.807) is 7.11 Å². The van der Waals surface area contributed by atoms with E-state index in [-0.39, 0.29) is 24.3 Å². The fourth-order valence-electron chi connectivity index (χ4n) is 3.61. The summed E-state index contributed by atoms with van der Waals surface area (Å²) in [6.07, 6.45) is 3.82. The van der Waals surface area contributed by atoms with E-state index >= 15 is 0 Å². The number of amides is 2. The SMILES string of the molecule is COc1cccc(C(Cc2ccccc2)C(=O)NCC(=O)N2CCCCC2)c1. The Hall–Kier alpha value is -2.82. The molecule has 148 valence electrons. The van der Waals surface area contributed by atoms with Crippen LogP contribution in [0.5, 0.6) is 5.75 Å². The second-order valence-electron chi connectivity index (χ2n) is 7.18. The molecule has 28 heavy (non-hydrogen) atoms. The lowest BCUT2D eigenvalue weighted by atomic mass is 9.91. The van der Waals surface area contributed by atoms with Crippen molar-refractivity contribution in [3.63, 3.8) is 0 Å². The summed E-state index contributed by atoms with van der Waals surface area (Å²) >= 11 is 0. The molecule has 0 radical (unpaired) electrons. The van der Waals surface area contributed by atoms with Crippen molar-refractivity contribution >= 4 is 11.8 Å². The van der Waals surface area contributed by atoms with Crippen molar-refractivity contribution in [2.45, 2.75) is 31.6 Å². The standard InChI is InChI=1S/C23H28N2O3/c1-28-20-12-8-11-19(16-20)21(15-18-9-4-2-5-10-18)23(27)24-17-22(26)25-13-6-3-7-14-25/h2,4-5,8-12,16,21H,3,6-7,13-15,17H2,1H3,(H,24,27). The van der Waals surface area contributed by atoms with Crippen LogP contribution in [-0.2, 0) is 16.0 Å². The largest absolute Gasteiger partial charge is 0.497 e. The number of rotatable bonds is 7. The number of nitrogens with zero attached hydrogens (tertiary/aromatic N) is 1. The summed E-state index contributed by atoms with van der Waals surface area (Å²) in [5.41, 5.74) is 1.96. The minimum Gasteiger partial charge on any atom is -0.497 e. The predicted octanol–water partition coefficient (Wildman–Crippen LogP) is 3.15. The summed E-state index contributed by atoms with van der Waals surface area (Å²) in [4.78, 5) is 27.3. The Morgan fingerprint density at radius 2 is 1.79 bits per heavy atom. The average molecular weight is 380 g/mol. The molecular formula is C23H28N2O3. The molecule has 1 N–H and O–H groups in total. The molecule has 2 aromatic carbocycles. The highest BCUT2D eigenvalue weighted by atomic mass is 16.5. The van der Waals surface area contributed by atoms with Crippen molar-refractivity contribution in [2.24, 2.45) is 0 Å². The van der Waals surface area contributed by atoms with Crippen LogP contribution < -0.4 is 10.1 Å². The van der Waals surface area contributed by atoms with E-state index in [0.29, 0.717) is 12.2 Å². The maximum Gasteiger partial charge on any atom is 0.241 e. The molecule has 2 amide bonds. The Bertz CT molecular complexity index is 785. The van der Waals surface area contributed by atoms with E-state index < -0.39 is 0 Å². The van der Waals surface area contributed by atoms with Gasteiger partial charge in [-0.15, -0.1) is 0 Å². The first kappa shape index (κ1) is 19.9. The van der Waals surface area contributed by atoms with Gasteiger partial charge in [0, 0.05) is 13.1 Å². The van der Waals surface area contributed by atoms with Crippen LogP contribution in [0.15, 0.2) is 54.6 Å². The number of ether oxygens (including phenoxy) is 1. The van der Waals surface area contributed by atoms with Crippen molar-refractivity contribution in [1.82, 2.24) is 10.2 Å². The van der Waals surface area contributed by atoms with Crippen LogP contribution in [0.2, 0.25) is 0 Å². The van der Waals surface area contributed by atoms with E-state index in [1.165, 1.54) is 6.42 Å². The number of hydrogen-bond acceptors (Lipinski definition) is 3. The van der Waals surface area contributed by atoms with Gasteiger partial charge < -0.3 is 15.0 Å². The Morgan fingerprint density at radius 3 is 2.50 bits per heavy atom. The Balaban J connectivity index is 1.71. The maximum absolute atomic E-state index is 13.0. The average Bonchev–Trinajstić information content (AvgIpc) is 2.77. The number of hydrogen-bond donors (Lipinski definition) is 1. The van der Waals surface area contributed by atoms with E-state index in [2.05, 4.69) is 5.32 Å². The molecule has 1 aliphatic rings. The van der Waals surface area contributed by atoms with Crippen LogP contribution in [0, 0.1) is 0 Å². The molecule has 1 fully saturated rings. The van der Waals surface area contributed by atoms with E-state index in [0.717, 1.165) is 37.1 Å². The molecule has 0 aliphatic carbocycles. The second kappa shape index (κ2) is 9.93. The molecule has 3 rings (SSSR count). The van der Waals surface area contributed by atoms with Crippen LogP contribution in [0.25, 0.3) is 0 Å². The summed E-state index contributed by atoms with van der Waals surface area (Å²) < 4.78 is 5.32. The number of carbonyl (C=O) groups excluding carboxylic acids is 2. The lowest BCUT2D eigenvalue weighted by Gasteiger charge is -2.27. The fourth-order valence-corrected chi connectivity index (χ4v) is 3.61. The topological polar surface area (TPSA) is 58.6 Å². The van der Waals surface area contributed by atoms with Crippen LogP contribution in [0.1, 0.15) is 36.3 Å². The molecule has 2 aromatic rings. The number of piperidine rings is 1. The zero-order valence-electron chi connectivity index (χ0n) is 16.4. The smallest absolute Gasteiger partial charge is 0.241 e. The molecule has 5 heteroatoms. The van der Waals surface area contributed by atoms with Gasteiger partial charge in [-0.3, -0.25) is 9.59 Å². The number of nitrogens with one attached hydrogen (secondary N) is 1. The van der Waals surface area contributed by atoms with E-state index in [1.807, 2.05) is 59.5 Å². The molecule has 0 bridgehead atoms. The molecule has 5 nitrogen and oxygen atoms in total. The third kappa shape index (κ3) is 5.35. The number of methoxy groups -OCH3 is 1. The molecule has 0 spiro atoms. The van der Waals surface area contributed by atoms with Gasteiger partial charge in [0.05, 0.1) is 19.6 Å². The van der Waals surface area contributed by atoms with Gasteiger partial charge >= 0.3 is 0 Å². The van der Waals surface area contributed by atoms with Crippen LogP contribution in [0.4, 0.5) is 0 Å². The Morgan fingerprint density at radius 1 is 1.04 bits per heavy atom. The molecule has 1 atom stereocenters. The van der Waals surface area contributed by atoms with Gasteiger partial charge in [-0.1, -0.05) is 42.5 Å². The van der Waals surface area contributed by atoms with Gasteiger partial charge in [0.15, 0.2) is 0 Å². The van der Waals surface area contributed by atoms with Gasteiger partial charge in [0.2, 0.25) is 11.8 Å². The number of carbonyl (C=O) groups is 2. The van der Waals surface area contributed by atoms with Gasteiger partial charge in [-0.05, 0) is 48.9 Å². The molecule has 1 saturated heterocycles. The maximum atomic E-state index is 13.0. The van der Waals surface area contributed by atoms with Crippen LogP contribution in [-0.4, -0.2) is 43.5 Å². The monoisotopic (exact) mass is 380 g/mol. The third-order valence-corrected chi connectivity index (χ3v) is 5.22. The minimum absolute atomic E-state index is 0.00264. The second-order valence-corrected chi connectivity index (χ2v) is 7.18. The van der Waals surface area contributed by atoms with Gasteiger partial charge in [-0.2, -0.15) is 0 Å². The van der Waals surface area contributed by atoms with Gasteiger partial charge in [0.1, 0.15) is 5.75 Å². The summed E-state index contributed by atoms with van der Waals surface area (Å²) in [5, 5.41) is 2.87. The highest BCUT2D eigenvalue weighted by Gasteiger charge is 2.23. The first-order chi connectivity index (χ1) is 13.7. The molecule has 0 aromatic heterocycles. The van der Waals surface area contributed by atoms with Crippen molar-refractivity contribution in [3.05, 3.63) is 65.7 Å². The van der Waals surface area contributed by atoms with Gasteiger partial charge in [0.25, 0.3) is 0 Å². The minimum atomic E-state index is -0.383. The number of benzene rings is 2. The molecule has 1 aliphatic heterocycles. The first-order valence-corrected chi connectivity index (χ1v) is 9.90. The molecule has 0 saturated carbocycles. The summed E-state index contributed by atoms with van der Waals surface area (Å²) in [7, 11) is 1.61. The predicted molar refractivity (Wildman–Crippen MR) is 109 cm³/mol. The first-order valence-electron chi connectivity index (χ1n) is 9.90. The fraction of sp³-hybridized carbons (Fsp3) is 0.391. The molecule has 1 heterocycles. The highest BCUT2D eigenvalue weighted by molar-refractivity contribution is 5.88. The van der Waals surface area contributed by atoms with Crippen LogP contribution in [0.3, 0.4) is 0 Å². The normalized spacial score (nSPS) is 15.0. The Labute approximate surface area is 166 Å². The molecular weight excluding hydrogens is 352 g/mol. The number of likely N-dealkylation sites (tertiary alicyclic amines) is 1. The lowest BCUT2D eigenvalue weighted by Crippen LogP contribution is -2.43. The zero-order chi connectivity index (χ0) is 19.8. The summed E-state index contributed by atoms with van der Waals surface area (Å²) in [6, 6.07) is 17.5. The van der Waals surface area contributed by atoms with Gasteiger partial charge in [-0.25, -0.2) is 0 Å². The van der Waals surface area contributed by atoms with E-state index in [4.69, 9.17) is 4.74 Å². The highest BCUT2D eigenvalue weighted by Crippen LogP contribution is 2.25. The van der Waals surface area contributed by atoms with Crippen molar-refractivity contribution in [2.75, 3.05) is 26.7 Å². The van der Waals surface area contributed by atoms with E-state index in [9.17, 15) is 9.59 Å². The van der Waals surface area contributed by atoms with Crippen LogP contribution >= 0.6 is 0 Å². The van der Waals surface area contributed by atoms with Crippen molar-refractivity contribution < 1.29 is 14.3 Å². The van der Waals surface area contributed by atoms with Crippen molar-refractivity contribution in [1.29, 1.82) is 0 Å². The summed E-state index contributed by atoms with van der Waals surface area (Å²) in [6.45, 7) is 1.63. The quantitative estimate of drug-likeness (QED) is 0.803. The Kier molecular flexibility index (Phi) is 7.06. The lowest BCUT2D eigenvalue weighted by molar-refractivity contribution is -0.133.